The van der Waals surface area contributed by atoms with E-state index >= 15 is 0 Å². The molecule has 1 aliphatic heterocycles. The van der Waals surface area contributed by atoms with Crippen LogP contribution < -0.4 is 0 Å². The molecule has 4 rings (SSSR count). The van der Waals surface area contributed by atoms with E-state index in [2.05, 4.69) is 9.97 Å². The van der Waals surface area contributed by atoms with Crippen LogP contribution in [0.3, 0.4) is 0 Å². The van der Waals surface area contributed by atoms with Crippen LogP contribution in [0.5, 0.6) is 0 Å². The molecule has 1 fully saturated rings. The fourth-order valence-electron chi connectivity index (χ4n) is 2.93. The number of imidazole rings is 1. The van der Waals surface area contributed by atoms with E-state index in [-0.39, 0.29) is 5.91 Å². The van der Waals surface area contributed by atoms with Crippen LogP contribution in [0.25, 0.3) is 5.78 Å². The van der Waals surface area contributed by atoms with Crippen LogP contribution in [0.4, 0.5) is 0 Å². The average molecular weight is 298 g/mol. The van der Waals surface area contributed by atoms with Gasteiger partial charge in [0.25, 0.3) is 5.91 Å². The number of carbonyl (C=O) groups excluding carboxylic acids is 1. The van der Waals surface area contributed by atoms with Gasteiger partial charge in [-0.25, -0.2) is 9.97 Å². The smallest absolute Gasteiger partial charge is 0.263 e. The van der Waals surface area contributed by atoms with Crippen molar-refractivity contribution < 1.29 is 4.79 Å². The Balaban J connectivity index is 1.59. The highest BCUT2D eigenvalue weighted by Gasteiger charge is 2.29. The van der Waals surface area contributed by atoms with E-state index in [0.29, 0.717) is 5.92 Å². The molecule has 4 heterocycles. The highest BCUT2D eigenvalue weighted by molar-refractivity contribution is 7.12. The van der Waals surface area contributed by atoms with Gasteiger partial charge in [-0.2, -0.15) is 0 Å². The Labute approximate surface area is 125 Å². The van der Waals surface area contributed by atoms with Crippen molar-refractivity contribution in [2.45, 2.75) is 12.3 Å². The van der Waals surface area contributed by atoms with E-state index in [1.54, 1.807) is 12.4 Å². The van der Waals surface area contributed by atoms with Crippen molar-refractivity contribution in [1.29, 1.82) is 0 Å². The summed E-state index contributed by atoms with van der Waals surface area (Å²) < 4.78 is 2.02. The van der Waals surface area contributed by atoms with E-state index in [1.807, 2.05) is 39.1 Å². The summed E-state index contributed by atoms with van der Waals surface area (Å²) >= 11 is 1.50. The van der Waals surface area contributed by atoms with Gasteiger partial charge < -0.3 is 4.90 Å². The normalized spacial score (nSPS) is 18.5. The van der Waals surface area contributed by atoms with Crippen LogP contribution in [0, 0.1) is 0 Å². The Hall–Kier alpha value is -2.21. The second-order valence-corrected chi connectivity index (χ2v) is 6.13. The predicted molar refractivity (Wildman–Crippen MR) is 80.6 cm³/mol. The number of carbonyl (C=O) groups is 1. The summed E-state index contributed by atoms with van der Waals surface area (Å²) in [5, 5.41) is 1.94. The number of hydrogen-bond acceptors (Lipinski definition) is 4. The van der Waals surface area contributed by atoms with Gasteiger partial charge in [0.15, 0.2) is 0 Å². The quantitative estimate of drug-likeness (QED) is 0.730. The van der Waals surface area contributed by atoms with Gasteiger partial charge in [0.2, 0.25) is 5.78 Å². The first-order valence-electron chi connectivity index (χ1n) is 6.93. The maximum Gasteiger partial charge on any atom is 0.263 e. The lowest BCUT2D eigenvalue weighted by atomic mass is 10.0. The van der Waals surface area contributed by atoms with Gasteiger partial charge in [-0.3, -0.25) is 9.20 Å². The van der Waals surface area contributed by atoms with E-state index in [0.717, 1.165) is 30.2 Å². The third-order valence-electron chi connectivity index (χ3n) is 3.96. The molecule has 5 nitrogen and oxygen atoms in total. The van der Waals surface area contributed by atoms with E-state index in [1.165, 1.54) is 17.0 Å². The van der Waals surface area contributed by atoms with Crippen molar-refractivity contribution in [3.8, 4) is 0 Å². The zero-order chi connectivity index (χ0) is 14.2. The molecule has 3 aromatic rings. The van der Waals surface area contributed by atoms with Crippen LogP contribution >= 0.6 is 11.3 Å². The molecule has 3 aromatic heterocycles. The number of likely N-dealkylation sites (tertiary alicyclic amines) is 1. The lowest BCUT2D eigenvalue weighted by Gasteiger charge is -2.16. The molecule has 1 atom stereocenters. The van der Waals surface area contributed by atoms with E-state index < -0.39 is 0 Å². The first-order valence-corrected chi connectivity index (χ1v) is 7.81. The zero-order valence-electron chi connectivity index (χ0n) is 11.3. The first-order chi connectivity index (χ1) is 10.3. The Bertz CT molecular complexity index is 780. The van der Waals surface area contributed by atoms with Gasteiger partial charge in [-0.05, 0) is 23.9 Å². The maximum atomic E-state index is 12.4. The molecule has 0 unspecified atom stereocenters. The summed E-state index contributed by atoms with van der Waals surface area (Å²) in [4.78, 5) is 23.6. The number of nitrogens with zero attached hydrogens (tertiary/aromatic N) is 4. The molecule has 106 valence electrons. The highest BCUT2D eigenvalue weighted by atomic mass is 32.1. The molecule has 0 saturated carbocycles. The minimum atomic E-state index is 0.142. The molecule has 0 aromatic carbocycles. The minimum Gasteiger partial charge on any atom is -0.337 e. The Morgan fingerprint density at radius 1 is 1.29 bits per heavy atom. The van der Waals surface area contributed by atoms with Gasteiger partial charge >= 0.3 is 0 Å². The van der Waals surface area contributed by atoms with E-state index in [9.17, 15) is 4.79 Å². The topological polar surface area (TPSA) is 50.5 Å². The molecule has 1 amide bonds. The number of fused-ring (bicyclic) bond motifs is 1. The number of amides is 1. The number of hydrogen-bond donors (Lipinski definition) is 0. The Morgan fingerprint density at radius 3 is 3.05 bits per heavy atom. The van der Waals surface area contributed by atoms with Crippen LogP contribution in [-0.2, 0) is 0 Å². The number of aromatic nitrogens is 3. The Morgan fingerprint density at radius 2 is 2.19 bits per heavy atom. The van der Waals surface area contributed by atoms with Crippen LogP contribution in [0.15, 0.2) is 42.2 Å². The summed E-state index contributed by atoms with van der Waals surface area (Å²) in [6, 6.07) is 5.84. The number of rotatable bonds is 2. The molecule has 0 spiro atoms. The van der Waals surface area contributed by atoms with Gasteiger partial charge in [-0.1, -0.05) is 6.07 Å². The van der Waals surface area contributed by atoms with Crippen molar-refractivity contribution in [3.05, 3.63) is 52.7 Å². The zero-order valence-corrected chi connectivity index (χ0v) is 12.2. The summed E-state index contributed by atoms with van der Waals surface area (Å²) in [7, 11) is 0. The van der Waals surface area contributed by atoms with Gasteiger partial charge in [-0.15, -0.1) is 11.3 Å². The van der Waals surface area contributed by atoms with Crippen molar-refractivity contribution in [1.82, 2.24) is 19.3 Å². The molecule has 6 heteroatoms. The molecule has 0 N–H and O–H groups in total. The predicted octanol–water partition coefficient (Wildman–Crippen LogP) is 2.42. The molecule has 0 radical (unpaired) electrons. The standard InChI is InChI=1S/C15H14N4OS/c20-14(13-2-1-9-21-13)18-7-4-11(10-18)12-3-5-16-15-17-6-8-19(12)15/h1-3,5-6,8-9,11H,4,7,10H2/t11-/m0/s1. The summed E-state index contributed by atoms with van der Waals surface area (Å²) in [6.45, 7) is 1.56. The Kier molecular flexibility index (Phi) is 2.96. The van der Waals surface area contributed by atoms with E-state index in [4.69, 9.17) is 0 Å². The van der Waals surface area contributed by atoms with Crippen molar-refractivity contribution in [2.24, 2.45) is 0 Å². The highest BCUT2D eigenvalue weighted by Crippen LogP contribution is 2.28. The van der Waals surface area contributed by atoms with Crippen LogP contribution in [0.1, 0.15) is 27.7 Å². The fourth-order valence-corrected chi connectivity index (χ4v) is 3.62. The molecule has 1 aliphatic rings. The lowest BCUT2D eigenvalue weighted by Crippen LogP contribution is -2.27. The average Bonchev–Trinajstić information content (AvgIpc) is 3.25. The second kappa shape index (κ2) is 4.96. The summed E-state index contributed by atoms with van der Waals surface area (Å²) in [5.74, 6) is 1.20. The molecule has 21 heavy (non-hydrogen) atoms. The minimum absolute atomic E-state index is 0.142. The summed E-state index contributed by atoms with van der Waals surface area (Å²) in [6.07, 6.45) is 6.46. The monoisotopic (exact) mass is 298 g/mol. The largest absolute Gasteiger partial charge is 0.337 e. The maximum absolute atomic E-state index is 12.4. The second-order valence-electron chi connectivity index (χ2n) is 5.18. The molecule has 1 saturated heterocycles. The first kappa shape index (κ1) is 12.5. The van der Waals surface area contributed by atoms with Crippen molar-refractivity contribution >= 4 is 23.0 Å². The third-order valence-corrected chi connectivity index (χ3v) is 4.82. The molecular weight excluding hydrogens is 284 g/mol. The molecular formula is C15H14N4OS. The van der Waals surface area contributed by atoms with Crippen molar-refractivity contribution in [3.63, 3.8) is 0 Å². The lowest BCUT2D eigenvalue weighted by molar-refractivity contribution is 0.0795. The molecule has 0 bridgehead atoms. The van der Waals surface area contributed by atoms with Crippen LogP contribution in [-0.4, -0.2) is 38.3 Å². The van der Waals surface area contributed by atoms with Gasteiger partial charge in [0.1, 0.15) is 0 Å². The fraction of sp³-hybridized carbons (Fsp3) is 0.267. The third kappa shape index (κ3) is 2.12. The van der Waals surface area contributed by atoms with Crippen LogP contribution in [0.2, 0.25) is 0 Å². The summed E-state index contributed by atoms with van der Waals surface area (Å²) in [5.41, 5.74) is 1.18. The van der Waals surface area contributed by atoms with Gasteiger partial charge in [0.05, 0.1) is 4.88 Å². The SMILES string of the molecule is O=C(c1cccs1)N1CC[C@H](c2ccnc3nccn23)C1. The van der Waals surface area contributed by atoms with Crippen molar-refractivity contribution in [2.75, 3.05) is 13.1 Å². The molecule has 0 aliphatic carbocycles. The number of thiophene rings is 1. The van der Waals surface area contributed by atoms with Gasteiger partial charge in [0, 0.05) is 43.3 Å².